The van der Waals surface area contributed by atoms with E-state index in [2.05, 4.69) is 36.6 Å². The molecule has 0 aromatic carbocycles. The zero-order valence-electron chi connectivity index (χ0n) is 6.73. The normalized spacial score (nSPS) is 11.3. The third-order valence-electron chi connectivity index (χ3n) is 1.39. The minimum atomic E-state index is 0.603. The van der Waals surface area contributed by atoms with Gasteiger partial charge in [0.05, 0.1) is 6.67 Å². The average molecular weight is 131 g/mol. The molecule has 0 fully saturated rings. The zero-order chi connectivity index (χ0) is 7.28. The van der Waals surface area contributed by atoms with Crippen molar-refractivity contribution in [2.24, 2.45) is 0 Å². The van der Waals surface area contributed by atoms with Crippen LogP contribution >= 0.6 is 0 Å². The van der Waals surface area contributed by atoms with Gasteiger partial charge in [-0.05, 0) is 27.9 Å². The van der Waals surface area contributed by atoms with Crippen molar-refractivity contribution in [2.75, 3.05) is 20.8 Å². The van der Waals surface area contributed by atoms with Gasteiger partial charge in [-0.3, -0.25) is 10.3 Å². The first-order valence-electron chi connectivity index (χ1n) is 3.28. The van der Waals surface area contributed by atoms with Gasteiger partial charge in [0.1, 0.15) is 0 Å². The molecule has 0 bridgehead atoms. The molecule has 0 saturated heterocycles. The molecule has 0 amide bonds. The van der Waals surface area contributed by atoms with Crippen molar-refractivity contribution < 1.29 is 0 Å². The molecular weight excluding hydrogens is 114 g/mol. The fourth-order valence-electron chi connectivity index (χ4n) is 0.386. The Morgan fingerprint density at radius 1 is 1.44 bits per heavy atom. The Balaban J connectivity index is 3.16. The van der Waals surface area contributed by atoms with Gasteiger partial charge in [-0.25, -0.2) is 5.43 Å². The van der Waals surface area contributed by atoms with Crippen LogP contribution in [-0.2, 0) is 0 Å². The number of hydrogen-bond acceptors (Lipinski definition) is 3. The van der Waals surface area contributed by atoms with Crippen molar-refractivity contribution in [3.8, 4) is 0 Å². The van der Waals surface area contributed by atoms with E-state index in [1.165, 1.54) is 0 Å². The standard InChI is InChI=1S/C6H17N3/c1-6(2)9(4)5-8-7-3/h6-8H,5H2,1-4H3. The highest BCUT2D eigenvalue weighted by atomic mass is 15.4. The summed E-state index contributed by atoms with van der Waals surface area (Å²) in [5.41, 5.74) is 5.87. The highest BCUT2D eigenvalue weighted by Gasteiger charge is 1.99. The van der Waals surface area contributed by atoms with Crippen LogP contribution in [0.5, 0.6) is 0 Å². The highest BCUT2D eigenvalue weighted by molar-refractivity contribution is 4.52. The third-order valence-corrected chi connectivity index (χ3v) is 1.39. The molecule has 0 aliphatic carbocycles. The predicted molar refractivity (Wildman–Crippen MR) is 40.0 cm³/mol. The molecule has 56 valence electrons. The zero-order valence-corrected chi connectivity index (χ0v) is 6.73. The van der Waals surface area contributed by atoms with Crippen LogP contribution < -0.4 is 10.9 Å². The van der Waals surface area contributed by atoms with Gasteiger partial charge in [0.15, 0.2) is 0 Å². The summed E-state index contributed by atoms with van der Waals surface area (Å²) in [6, 6.07) is 0.603. The molecule has 0 atom stereocenters. The number of rotatable bonds is 4. The van der Waals surface area contributed by atoms with Gasteiger partial charge in [-0.1, -0.05) is 0 Å². The Bertz CT molecular complexity index is 63.3. The van der Waals surface area contributed by atoms with Crippen LogP contribution in [0.15, 0.2) is 0 Å². The maximum atomic E-state index is 3.01. The fourth-order valence-corrected chi connectivity index (χ4v) is 0.386. The predicted octanol–water partition coefficient (Wildman–Crippen LogP) is 0.00810. The maximum Gasteiger partial charge on any atom is 0.0614 e. The molecule has 2 N–H and O–H groups in total. The smallest absolute Gasteiger partial charge is 0.0614 e. The molecule has 0 aromatic rings. The van der Waals surface area contributed by atoms with Crippen molar-refractivity contribution >= 4 is 0 Å². The molecule has 3 heteroatoms. The van der Waals surface area contributed by atoms with Gasteiger partial charge < -0.3 is 0 Å². The van der Waals surface area contributed by atoms with E-state index in [9.17, 15) is 0 Å². The second kappa shape index (κ2) is 4.73. The Kier molecular flexibility index (Phi) is 4.67. The Hall–Kier alpha value is -0.120. The molecule has 0 aliphatic rings. The van der Waals surface area contributed by atoms with Gasteiger partial charge in [0.25, 0.3) is 0 Å². The van der Waals surface area contributed by atoms with E-state index in [1.54, 1.807) is 0 Å². The van der Waals surface area contributed by atoms with E-state index >= 15 is 0 Å². The number of nitrogens with zero attached hydrogens (tertiary/aromatic N) is 1. The monoisotopic (exact) mass is 131 g/mol. The summed E-state index contributed by atoms with van der Waals surface area (Å²) in [6.07, 6.45) is 0. The minimum absolute atomic E-state index is 0.603. The summed E-state index contributed by atoms with van der Waals surface area (Å²) in [4.78, 5) is 2.20. The van der Waals surface area contributed by atoms with Crippen LogP contribution in [0.25, 0.3) is 0 Å². The molecule has 0 radical (unpaired) electrons. The Morgan fingerprint density at radius 2 is 2.00 bits per heavy atom. The first-order valence-corrected chi connectivity index (χ1v) is 3.28. The van der Waals surface area contributed by atoms with Gasteiger partial charge in [-0.15, -0.1) is 0 Å². The van der Waals surface area contributed by atoms with Crippen LogP contribution in [0, 0.1) is 0 Å². The number of nitrogens with one attached hydrogen (secondary N) is 2. The number of hydrogen-bond donors (Lipinski definition) is 2. The summed E-state index contributed by atoms with van der Waals surface area (Å²) in [5.74, 6) is 0. The highest BCUT2D eigenvalue weighted by Crippen LogP contribution is 1.88. The average Bonchev–Trinajstić information content (AvgIpc) is 1.82. The molecule has 3 nitrogen and oxygen atoms in total. The van der Waals surface area contributed by atoms with Gasteiger partial charge in [0.2, 0.25) is 0 Å². The van der Waals surface area contributed by atoms with Crippen LogP contribution in [0.2, 0.25) is 0 Å². The lowest BCUT2D eigenvalue weighted by atomic mass is 10.4. The second-order valence-corrected chi connectivity index (χ2v) is 2.44. The Labute approximate surface area is 57.4 Å². The van der Waals surface area contributed by atoms with Crippen LogP contribution in [0.3, 0.4) is 0 Å². The molecule has 0 unspecified atom stereocenters. The molecule has 0 aromatic heterocycles. The van der Waals surface area contributed by atoms with Crippen molar-refractivity contribution in [1.82, 2.24) is 15.8 Å². The molecular formula is C6H17N3. The molecule has 0 heterocycles. The minimum Gasteiger partial charge on any atom is -0.290 e. The summed E-state index contributed by atoms with van der Waals surface area (Å²) in [5, 5.41) is 0. The summed E-state index contributed by atoms with van der Waals surface area (Å²) in [6.45, 7) is 5.21. The lowest BCUT2D eigenvalue weighted by Gasteiger charge is -2.20. The van der Waals surface area contributed by atoms with E-state index in [4.69, 9.17) is 0 Å². The molecule has 0 saturated carbocycles. The molecule has 0 spiro atoms. The molecule has 0 rings (SSSR count). The lowest BCUT2D eigenvalue weighted by Crippen LogP contribution is -2.40. The van der Waals surface area contributed by atoms with E-state index in [-0.39, 0.29) is 0 Å². The van der Waals surface area contributed by atoms with Crippen molar-refractivity contribution in [3.05, 3.63) is 0 Å². The van der Waals surface area contributed by atoms with Crippen LogP contribution in [0.1, 0.15) is 13.8 Å². The Morgan fingerprint density at radius 3 is 2.33 bits per heavy atom. The van der Waals surface area contributed by atoms with E-state index in [1.807, 2.05) is 7.05 Å². The molecule has 0 aliphatic heterocycles. The van der Waals surface area contributed by atoms with Crippen molar-refractivity contribution in [2.45, 2.75) is 19.9 Å². The van der Waals surface area contributed by atoms with Crippen molar-refractivity contribution in [3.63, 3.8) is 0 Å². The van der Waals surface area contributed by atoms with E-state index in [0.717, 1.165) is 6.67 Å². The summed E-state index contributed by atoms with van der Waals surface area (Å²) < 4.78 is 0. The lowest BCUT2D eigenvalue weighted by molar-refractivity contribution is 0.242. The summed E-state index contributed by atoms with van der Waals surface area (Å²) in [7, 11) is 3.95. The summed E-state index contributed by atoms with van der Waals surface area (Å²) >= 11 is 0. The van der Waals surface area contributed by atoms with Gasteiger partial charge in [-0.2, -0.15) is 0 Å². The number of hydrazine groups is 1. The maximum absolute atomic E-state index is 3.01. The van der Waals surface area contributed by atoms with Crippen molar-refractivity contribution in [1.29, 1.82) is 0 Å². The fraction of sp³-hybridized carbons (Fsp3) is 1.00. The van der Waals surface area contributed by atoms with E-state index in [0.29, 0.717) is 6.04 Å². The first-order chi connectivity index (χ1) is 4.18. The van der Waals surface area contributed by atoms with Gasteiger partial charge in [0, 0.05) is 6.04 Å². The largest absolute Gasteiger partial charge is 0.290 e. The quantitative estimate of drug-likeness (QED) is 0.415. The molecule has 9 heavy (non-hydrogen) atoms. The topological polar surface area (TPSA) is 27.3 Å². The van der Waals surface area contributed by atoms with Gasteiger partial charge >= 0.3 is 0 Å². The SMILES string of the molecule is CNNCN(C)C(C)C. The second-order valence-electron chi connectivity index (χ2n) is 2.44. The van der Waals surface area contributed by atoms with Crippen LogP contribution in [0.4, 0.5) is 0 Å². The van der Waals surface area contributed by atoms with E-state index < -0.39 is 0 Å². The van der Waals surface area contributed by atoms with Crippen LogP contribution in [-0.4, -0.2) is 31.7 Å². The first kappa shape index (κ1) is 8.88. The third kappa shape index (κ3) is 4.39.